The minimum atomic E-state index is 0.219. The van der Waals surface area contributed by atoms with E-state index < -0.39 is 0 Å². The third kappa shape index (κ3) is 0.754. The van der Waals surface area contributed by atoms with Crippen LogP contribution in [0.4, 0.5) is 0 Å². The van der Waals surface area contributed by atoms with Crippen LogP contribution in [-0.2, 0) is 9.53 Å². The minimum Gasteiger partial charge on any atom is -0.369 e. The molecular weight excluding hydrogens is 150 g/mol. The van der Waals surface area contributed by atoms with Gasteiger partial charge in [0.15, 0.2) is 0 Å². The van der Waals surface area contributed by atoms with Gasteiger partial charge in [-0.25, -0.2) is 0 Å². The number of amides is 1. The maximum Gasteiger partial charge on any atom is 0.226 e. The summed E-state index contributed by atoms with van der Waals surface area (Å²) in [6, 6.07) is 0. The highest BCUT2D eigenvalue weighted by atomic mass is 32.2. The molecule has 2 rings (SSSR count). The summed E-state index contributed by atoms with van der Waals surface area (Å²) in [5.41, 5.74) is 0.219. The Kier molecular flexibility index (Phi) is 1.38. The maximum atomic E-state index is 10.8. The first-order chi connectivity index (χ1) is 4.81. The SMILES string of the molecule is COC1CN2C(=O)C[C@@H]2S1. The Balaban J connectivity index is 1.99. The Morgan fingerprint density at radius 3 is 3.10 bits per heavy atom. The van der Waals surface area contributed by atoms with Crippen molar-refractivity contribution < 1.29 is 9.53 Å². The maximum absolute atomic E-state index is 10.8. The molecule has 0 aromatic rings. The van der Waals surface area contributed by atoms with E-state index in [0.717, 1.165) is 6.54 Å². The fourth-order valence-corrected chi connectivity index (χ4v) is 2.57. The van der Waals surface area contributed by atoms with E-state index in [1.807, 2.05) is 4.90 Å². The average molecular weight is 159 g/mol. The van der Waals surface area contributed by atoms with Gasteiger partial charge in [-0.05, 0) is 0 Å². The predicted octanol–water partition coefficient (Wildman–Crippen LogP) is 0.264. The second kappa shape index (κ2) is 2.13. The quantitative estimate of drug-likeness (QED) is 0.514. The molecule has 2 atom stereocenters. The summed E-state index contributed by atoms with van der Waals surface area (Å²) in [6.45, 7) is 0.782. The number of thioether (sulfide) groups is 1. The number of hydrogen-bond acceptors (Lipinski definition) is 3. The zero-order valence-electron chi connectivity index (χ0n) is 5.74. The van der Waals surface area contributed by atoms with Crippen molar-refractivity contribution in [3.63, 3.8) is 0 Å². The standard InChI is InChI=1S/C6H9NO2S/c1-9-6-3-7-4(8)2-5(7)10-6/h5-6H,2-3H2,1H3/t5-,6?/m0/s1. The third-order valence-corrected chi connectivity index (χ3v) is 3.32. The molecule has 0 aromatic carbocycles. The van der Waals surface area contributed by atoms with Crippen molar-refractivity contribution in [1.82, 2.24) is 4.90 Å². The van der Waals surface area contributed by atoms with Gasteiger partial charge in [0.2, 0.25) is 5.91 Å². The second-order valence-electron chi connectivity index (χ2n) is 2.51. The van der Waals surface area contributed by atoms with E-state index in [4.69, 9.17) is 4.74 Å². The Labute approximate surface area is 63.7 Å². The number of rotatable bonds is 1. The molecule has 56 valence electrons. The van der Waals surface area contributed by atoms with Crippen LogP contribution < -0.4 is 0 Å². The van der Waals surface area contributed by atoms with Gasteiger partial charge in [-0.2, -0.15) is 0 Å². The summed E-state index contributed by atoms with van der Waals surface area (Å²) in [5.74, 6) is 0.275. The third-order valence-electron chi connectivity index (χ3n) is 1.93. The second-order valence-corrected chi connectivity index (χ2v) is 3.85. The molecular formula is C6H9NO2S. The monoisotopic (exact) mass is 159 g/mol. The van der Waals surface area contributed by atoms with Crippen LogP contribution in [0.25, 0.3) is 0 Å². The molecule has 0 saturated carbocycles. The molecule has 2 fully saturated rings. The normalized spacial score (nSPS) is 37.7. The first-order valence-corrected chi connectivity index (χ1v) is 4.23. The van der Waals surface area contributed by atoms with Gasteiger partial charge in [-0.3, -0.25) is 4.79 Å². The summed E-state index contributed by atoms with van der Waals surface area (Å²) >= 11 is 1.75. The lowest BCUT2D eigenvalue weighted by Gasteiger charge is -2.32. The van der Waals surface area contributed by atoms with Crippen LogP contribution in [0.1, 0.15) is 6.42 Å². The van der Waals surface area contributed by atoms with Crippen LogP contribution in [-0.4, -0.2) is 35.3 Å². The lowest BCUT2D eigenvalue weighted by molar-refractivity contribution is -0.141. The number of carbonyl (C=O) groups is 1. The topological polar surface area (TPSA) is 29.5 Å². The smallest absolute Gasteiger partial charge is 0.226 e. The van der Waals surface area contributed by atoms with Crippen molar-refractivity contribution in [3.8, 4) is 0 Å². The molecule has 0 N–H and O–H groups in total. The Morgan fingerprint density at radius 1 is 1.80 bits per heavy atom. The van der Waals surface area contributed by atoms with Gasteiger partial charge in [0.25, 0.3) is 0 Å². The molecule has 0 radical (unpaired) electrons. The molecule has 3 nitrogen and oxygen atoms in total. The van der Waals surface area contributed by atoms with Gasteiger partial charge in [0.05, 0.1) is 18.3 Å². The van der Waals surface area contributed by atoms with E-state index in [1.54, 1.807) is 18.9 Å². The molecule has 2 heterocycles. The van der Waals surface area contributed by atoms with E-state index in [1.165, 1.54) is 0 Å². The molecule has 0 bridgehead atoms. The minimum absolute atomic E-state index is 0.219. The molecule has 1 unspecified atom stereocenters. The fourth-order valence-electron chi connectivity index (χ4n) is 1.27. The molecule has 2 aliphatic heterocycles. The fraction of sp³-hybridized carbons (Fsp3) is 0.833. The molecule has 0 aromatic heterocycles. The van der Waals surface area contributed by atoms with Crippen LogP contribution >= 0.6 is 11.8 Å². The van der Waals surface area contributed by atoms with E-state index in [0.29, 0.717) is 11.8 Å². The zero-order valence-corrected chi connectivity index (χ0v) is 6.56. The van der Waals surface area contributed by atoms with Crippen LogP contribution in [0.5, 0.6) is 0 Å². The first kappa shape index (κ1) is 6.49. The van der Waals surface area contributed by atoms with Gasteiger partial charge < -0.3 is 9.64 Å². The highest BCUT2D eigenvalue weighted by Crippen LogP contribution is 2.39. The predicted molar refractivity (Wildman–Crippen MR) is 38.5 cm³/mol. The highest BCUT2D eigenvalue weighted by molar-refractivity contribution is 8.00. The number of hydrogen-bond donors (Lipinski definition) is 0. The van der Waals surface area contributed by atoms with E-state index >= 15 is 0 Å². The van der Waals surface area contributed by atoms with Gasteiger partial charge in [-0.15, -0.1) is 11.8 Å². The van der Waals surface area contributed by atoms with Gasteiger partial charge in [0.1, 0.15) is 5.44 Å². The zero-order chi connectivity index (χ0) is 7.14. The van der Waals surface area contributed by atoms with Crippen molar-refractivity contribution >= 4 is 17.7 Å². The van der Waals surface area contributed by atoms with E-state index in [2.05, 4.69) is 0 Å². The molecule has 4 heteroatoms. The first-order valence-electron chi connectivity index (χ1n) is 3.29. The van der Waals surface area contributed by atoms with Crippen LogP contribution in [0.3, 0.4) is 0 Å². The largest absolute Gasteiger partial charge is 0.369 e. The van der Waals surface area contributed by atoms with Crippen LogP contribution in [0.15, 0.2) is 0 Å². The van der Waals surface area contributed by atoms with Crippen molar-refractivity contribution in [2.75, 3.05) is 13.7 Å². The van der Waals surface area contributed by atoms with Crippen LogP contribution in [0.2, 0.25) is 0 Å². The Morgan fingerprint density at radius 2 is 2.60 bits per heavy atom. The van der Waals surface area contributed by atoms with Crippen LogP contribution in [0, 0.1) is 0 Å². The summed E-state index contributed by atoms with van der Waals surface area (Å²) in [4.78, 5) is 12.7. The number of nitrogens with zero attached hydrogens (tertiary/aromatic N) is 1. The lowest BCUT2D eigenvalue weighted by atomic mass is 10.2. The summed E-state index contributed by atoms with van der Waals surface area (Å²) in [6.07, 6.45) is 0.713. The van der Waals surface area contributed by atoms with E-state index in [9.17, 15) is 4.79 Å². The number of ether oxygens (including phenoxy) is 1. The van der Waals surface area contributed by atoms with Crippen molar-refractivity contribution in [3.05, 3.63) is 0 Å². The highest BCUT2D eigenvalue weighted by Gasteiger charge is 2.44. The number of fused-ring (bicyclic) bond motifs is 1. The molecule has 0 spiro atoms. The number of carbonyl (C=O) groups excluding carboxylic acids is 1. The van der Waals surface area contributed by atoms with Gasteiger partial charge in [0, 0.05) is 7.11 Å². The summed E-state index contributed by atoms with van der Waals surface area (Å²) in [5, 5.41) is 0.428. The van der Waals surface area contributed by atoms with Crippen molar-refractivity contribution in [2.45, 2.75) is 17.2 Å². The summed E-state index contributed by atoms with van der Waals surface area (Å²) < 4.78 is 5.11. The molecule has 2 saturated heterocycles. The Bertz CT molecular complexity index is 173. The van der Waals surface area contributed by atoms with Crippen molar-refractivity contribution in [1.29, 1.82) is 0 Å². The number of β-lactam (4-membered cyclic amide) rings is 1. The Hall–Kier alpha value is -0.220. The lowest BCUT2D eigenvalue weighted by Crippen LogP contribution is -2.47. The number of methoxy groups -OCH3 is 1. The summed E-state index contributed by atoms with van der Waals surface area (Å²) in [7, 11) is 1.69. The molecule has 1 amide bonds. The van der Waals surface area contributed by atoms with Gasteiger partial charge in [-0.1, -0.05) is 0 Å². The molecule has 10 heavy (non-hydrogen) atoms. The molecule has 0 aliphatic carbocycles. The average Bonchev–Trinajstić information content (AvgIpc) is 2.26. The van der Waals surface area contributed by atoms with E-state index in [-0.39, 0.29) is 11.3 Å². The van der Waals surface area contributed by atoms with Gasteiger partial charge >= 0.3 is 0 Å². The molecule has 2 aliphatic rings. The van der Waals surface area contributed by atoms with Crippen molar-refractivity contribution in [2.24, 2.45) is 0 Å².